The monoisotopic (exact) mass is 359 g/mol. The Labute approximate surface area is 151 Å². The molecule has 26 heavy (non-hydrogen) atoms. The van der Waals surface area contributed by atoms with Crippen LogP contribution < -0.4 is 4.74 Å². The Morgan fingerprint density at radius 3 is 2.77 bits per heavy atom. The predicted molar refractivity (Wildman–Crippen MR) is 92.6 cm³/mol. The number of hydrogen-bond donors (Lipinski definition) is 0. The summed E-state index contributed by atoms with van der Waals surface area (Å²) in [6.07, 6.45) is 3.86. The van der Waals surface area contributed by atoms with Crippen molar-refractivity contribution in [2.45, 2.75) is 56.8 Å². The molecule has 0 unspecified atom stereocenters. The Bertz CT molecular complexity index is 764. The highest BCUT2D eigenvalue weighted by Crippen LogP contribution is 2.55. The summed E-state index contributed by atoms with van der Waals surface area (Å²) in [7, 11) is 0. The molecule has 1 heterocycles. The van der Waals surface area contributed by atoms with E-state index in [0.29, 0.717) is 5.75 Å². The van der Waals surface area contributed by atoms with E-state index in [0.717, 1.165) is 25.7 Å². The van der Waals surface area contributed by atoms with Gasteiger partial charge in [0.1, 0.15) is 11.4 Å². The zero-order valence-electron chi connectivity index (χ0n) is 14.8. The maximum Gasteiger partial charge on any atom is 0.384 e. The first kappa shape index (κ1) is 18.2. The highest BCUT2D eigenvalue weighted by Gasteiger charge is 2.69. The number of non-ortho nitro benzene ring substituents is 1. The summed E-state index contributed by atoms with van der Waals surface area (Å²) in [6, 6.07) is 5.80. The quantitative estimate of drug-likeness (QED) is 0.200. The van der Waals surface area contributed by atoms with Crippen LogP contribution in [0.2, 0.25) is 0 Å². The van der Waals surface area contributed by atoms with Crippen LogP contribution in [0.25, 0.3) is 0 Å². The van der Waals surface area contributed by atoms with Crippen LogP contribution in [-0.4, -0.2) is 34.8 Å². The van der Waals surface area contributed by atoms with Crippen molar-refractivity contribution in [2.75, 3.05) is 6.61 Å². The summed E-state index contributed by atoms with van der Waals surface area (Å²) in [4.78, 5) is 22.0. The molecule has 0 N–H and O–H groups in total. The molecular formula is C19H21NO6. The molecule has 0 bridgehead atoms. The molecule has 1 aromatic rings. The number of carbonyl (C=O) groups excluding carboxylic acids is 1. The highest BCUT2D eigenvalue weighted by molar-refractivity contribution is 5.88. The molecule has 2 fully saturated rings. The standard InChI is InChI=1S/C19H21NO6/c1-3-24-17(21)11-13-18(2,19-12-5-4-6-16(19)26-19)25-15-9-7-14(8-10-15)20(22)23/h7-10,16H,3-6,12H2,1-2H3/t16-,18-,19+/m0/s1. The van der Waals surface area contributed by atoms with Crippen molar-refractivity contribution < 1.29 is 23.9 Å². The summed E-state index contributed by atoms with van der Waals surface area (Å²) in [6.45, 7) is 3.76. The number of nitro groups is 1. The summed E-state index contributed by atoms with van der Waals surface area (Å²) in [5.41, 5.74) is -1.64. The third kappa shape index (κ3) is 3.37. The van der Waals surface area contributed by atoms with Gasteiger partial charge in [-0.25, -0.2) is 4.79 Å². The topological polar surface area (TPSA) is 91.2 Å². The van der Waals surface area contributed by atoms with Gasteiger partial charge in [0, 0.05) is 18.1 Å². The molecular weight excluding hydrogens is 338 g/mol. The molecule has 3 rings (SSSR count). The van der Waals surface area contributed by atoms with Crippen LogP contribution >= 0.6 is 0 Å². The smallest absolute Gasteiger partial charge is 0.384 e. The fourth-order valence-corrected chi connectivity index (χ4v) is 3.53. The van der Waals surface area contributed by atoms with Crippen molar-refractivity contribution in [1.82, 2.24) is 0 Å². The average Bonchev–Trinajstić information content (AvgIpc) is 3.37. The minimum Gasteiger partial charge on any atom is -0.472 e. The minimum atomic E-state index is -1.05. The van der Waals surface area contributed by atoms with Gasteiger partial charge in [-0.3, -0.25) is 10.1 Å². The zero-order chi connectivity index (χ0) is 18.8. The van der Waals surface area contributed by atoms with E-state index in [1.165, 1.54) is 24.3 Å². The van der Waals surface area contributed by atoms with Gasteiger partial charge in [-0.1, -0.05) is 12.8 Å². The number of ether oxygens (including phenoxy) is 3. The lowest BCUT2D eigenvalue weighted by Crippen LogP contribution is -2.49. The van der Waals surface area contributed by atoms with Crippen molar-refractivity contribution in [2.24, 2.45) is 0 Å². The third-order valence-electron chi connectivity index (χ3n) is 4.94. The van der Waals surface area contributed by atoms with Gasteiger partial charge >= 0.3 is 5.97 Å². The van der Waals surface area contributed by atoms with Gasteiger partial charge in [0.25, 0.3) is 5.69 Å². The van der Waals surface area contributed by atoms with Crippen LogP contribution in [0.5, 0.6) is 5.75 Å². The molecule has 1 aliphatic heterocycles. The third-order valence-corrected chi connectivity index (χ3v) is 4.94. The lowest BCUT2D eigenvalue weighted by atomic mass is 9.77. The number of epoxide rings is 1. The lowest BCUT2D eigenvalue weighted by molar-refractivity contribution is -0.384. The summed E-state index contributed by atoms with van der Waals surface area (Å²) < 4.78 is 17.0. The predicted octanol–water partition coefficient (Wildman–Crippen LogP) is 3.01. The van der Waals surface area contributed by atoms with E-state index in [1.807, 2.05) is 0 Å². The second-order valence-electron chi connectivity index (χ2n) is 6.60. The number of nitrogens with zero attached hydrogens (tertiary/aromatic N) is 1. The van der Waals surface area contributed by atoms with Gasteiger partial charge < -0.3 is 14.2 Å². The van der Waals surface area contributed by atoms with Crippen molar-refractivity contribution in [3.63, 3.8) is 0 Å². The van der Waals surface area contributed by atoms with Gasteiger partial charge in [-0.2, -0.15) is 0 Å². The number of carbonyl (C=O) groups is 1. The zero-order valence-corrected chi connectivity index (χ0v) is 14.8. The highest BCUT2D eigenvalue weighted by atomic mass is 16.6. The van der Waals surface area contributed by atoms with E-state index >= 15 is 0 Å². The number of esters is 1. The van der Waals surface area contributed by atoms with Crippen LogP contribution in [0.3, 0.4) is 0 Å². The number of benzene rings is 1. The Kier molecular flexibility index (Phi) is 4.88. The first-order valence-electron chi connectivity index (χ1n) is 8.71. The summed E-state index contributed by atoms with van der Waals surface area (Å²) in [5, 5.41) is 10.8. The molecule has 0 amide bonds. The van der Waals surface area contributed by atoms with Gasteiger partial charge in [-0.05, 0) is 44.7 Å². The van der Waals surface area contributed by atoms with Crippen LogP contribution in [0, 0.1) is 22.0 Å². The Morgan fingerprint density at radius 1 is 1.42 bits per heavy atom. The van der Waals surface area contributed by atoms with Gasteiger partial charge in [0.05, 0.1) is 17.6 Å². The minimum absolute atomic E-state index is 0.0203. The molecule has 3 atom stereocenters. The lowest BCUT2D eigenvalue weighted by Gasteiger charge is -2.34. The molecule has 1 saturated carbocycles. The fourth-order valence-electron chi connectivity index (χ4n) is 3.53. The second kappa shape index (κ2) is 6.96. The van der Waals surface area contributed by atoms with Crippen LogP contribution in [-0.2, 0) is 14.3 Å². The molecule has 138 valence electrons. The summed E-state index contributed by atoms with van der Waals surface area (Å²) >= 11 is 0. The molecule has 7 heteroatoms. The number of nitro benzene ring substituents is 1. The van der Waals surface area contributed by atoms with E-state index in [4.69, 9.17) is 14.2 Å². The van der Waals surface area contributed by atoms with Gasteiger partial charge in [-0.15, -0.1) is 0 Å². The maximum atomic E-state index is 11.7. The number of fused-ring (bicyclic) bond motifs is 1. The SMILES string of the molecule is CCOC(=O)C#C[C@](C)(Oc1ccc([N+](=O)[O-])cc1)[C@@]12CCCC[C@@H]1O2. The van der Waals surface area contributed by atoms with E-state index in [1.54, 1.807) is 13.8 Å². The van der Waals surface area contributed by atoms with Crippen molar-refractivity contribution in [3.8, 4) is 17.6 Å². The molecule has 1 aromatic carbocycles. The van der Waals surface area contributed by atoms with Crippen molar-refractivity contribution >= 4 is 11.7 Å². The van der Waals surface area contributed by atoms with Crippen molar-refractivity contribution in [3.05, 3.63) is 34.4 Å². The van der Waals surface area contributed by atoms with E-state index in [-0.39, 0.29) is 18.4 Å². The Morgan fingerprint density at radius 2 is 2.15 bits per heavy atom. The fraction of sp³-hybridized carbons (Fsp3) is 0.526. The molecule has 1 aliphatic carbocycles. The molecule has 0 spiro atoms. The second-order valence-corrected chi connectivity index (χ2v) is 6.60. The molecule has 0 aromatic heterocycles. The van der Waals surface area contributed by atoms with Crippen LogP contribution in [0.4, 0.5) is 5.69 Å². The van der Waals surface area contributed by atoms with E-state index in [9.17, 15) is 14.9 Å². The number of hydrogen-bond acceptors (Lipinski definition) is 6. The van der Waals surface area contributed by atoms with Crippen molar-refractivity contribution in [1.29, 1.82) is 0 Å². The molecule has 1 saturated heterocycles. The Balaban J connectivity index is 1.88. The Hall–Kier alpha value is -2.59. The van der Waals surface area contributed by atoms with E-state index < -0.39 is 22.1 Å². The van der Waals surface area contributed by atoms with Gasteiger partial charge in [0.2, 0.25) is 0 Å². The molecule has 7 nitrogen and oxygen atoms in total. The maximum absolute atomic E-state index is 11.7. The first-order chi connectivity index (χ1) is 12.4. The van der Waals surface area contributed by atoms with E-state index in [2.05, 4.69) is 11.8 Å². The van der Waals surface area contributed by atoms with Crippen LogP contribution in [0.15, 0.2) is 24.3 Å². The van der Waals surface area contributed by atoms with Gasteiger partial charge in [0.15, 0.2) is 5.60 Å². The average molecular weight is 359 g/mol. The largest absolute Gasteiger partial charge is 0.472 e. The first-order valence-corrected chi connectivity index (χ1v) is 8.71. The number of rotatable bonds is 5. The molecule has 2 aliphatic rings. The van der Waals surface area contributed by atoms with Crippen LogP contribution in [0.1, 0.15) is 39.5 Å². The summed E-state index contributed by atoms with van der Waals surface area (Å²) in [5.74, 6) is 5.23. The molecule has 0 radical (unpaired) electrons. The normalized spacial score (nSPS) is 25.7.